The van der Waals surface area contributed by atoms with E-state index in [2.05, 4.69) is 5.32 Å². The molecular weight excluding hydrogens is 538 g/mol. The molecule has 1 aliphatic heterocycles. The second-order valence-electron chi connectivity index (χ2n) is 8.29. The molecule has 6 nitrogen and oxygen atoms in total. The lowest BCUT2D eigenvalue weighted by molar-refractivity contribution is 0.0141. The number of carbonyl (C=O) groups is 2. The Morgan fingerprint density at radius 1 is 0.969 bits per heavy atom. The van der Waals surface area contributed by atoms with Crippen LogP contribution in [-0.4, -0.2) is 53.6 Å². The average Bonchev–Trinajstić information content (AvgIpc) is 2.71. The maximum Gasteiger partial charge on any atom is 0.410 e. The van der Waals surface area contributed by atoms with E-state index < -0.39 is 40.7 Å². The van der Waals surface area contributed by atoms with Gasteiger partial charge in [-0.05, 0) is 73.7 Å². The van der Waals surface area contributed by atoms with E-state index in [0.29, 0.717) is 3.57 Å². The summed E-state index contributed by atoms with van der Waals surface area (Å²) in [6, 6.07) is 6.23. The first-order valence-electron chi connectivity index (χ1n) is 9.93. The quantitative estimate of drug-likeness (QED) is 0.528. The first-order chi connectivity index (χ1) is 15.0. The number of carbonyl (C=O) groups excluding carboxylic acids is 2. The largest absolute Gasteiger partial charge is 0.444 e. The molecular formula is C22H23F3IN3O3. The Labute approximate surface area is 197 Å². The standard InChI is InChI=1S/C22H23F3IN3O3/c1-22(2,3)32-21(31)29-10-8-28(9-11-29)20(30)14-5-6-15(23)18(25)19(14)27-17-7-4-13(26)12-16(17)24/h4-7,12,27H,8-11H2,1-3H3. The maximum atomic E-state index is 14.6. The number of halogens is 4. The van der Waals surface area contributed by atoms with Crippen molar-refractivity contribution in [3.8, 4) is 0 Å². The third kappa shape index (κ3) is 5.64. The first-order valence-corrected chi connectivity index (χ1v) is 11.0. The molecule has 0 unspecified atom stereocenters. The number of nitrogens with zero attached hydrogens (tertiary/aromatic N) is 2. The van der Waals surface area contributed by atoms with Crippen LogP contribution >= 0.6 is 22.6 Å². The Hall–Kier alpha value is -2.50. The number of piperazine rings is 1. The number of ether oxygens (including phenoxy) is 1. The van der Waals surface area contributed by atoms with E-state index >= 15 is 0 Å². The molecule has 1 heterocycles. The molecule has 32 heavy (non-hydrogen) atoms. The highest BCUT2D eigenvalue weighted by Crippen LogP contribution is 2.29. The number of amides is 2. The zero-order valence-electron chi connectivity index (χ0n) is 17.8. The molecule has 1 aliphatic rings. The second-order valence-corrected chi connectivity index (χ2v) is 9.54. The van der Waals surface area contributed by atoms with E-state index in [-0.39, 0.29) is 37.4 Å². The maximum absolute atomic E-state index is 14.6. The van der Waals surface area contributed by atoms with Crippen LogP contribution in [0.3, 0.4) is 0 Å². The zero-order chi connectivity index (χ0) is 23.6. The second kappa shape index (κ2) is 9.55. The van der Waals surface area contributed by atoms with Crippen molar-refractivity contribution in [1.82, 2.24) is 9.80 Å². The summed E-state index contributed by atoms with van der Waals surface area (Å²) < 4.78 is 48.8. The summed E-state index contributed by atoms with van der Waals surface area (Å²) in [6.07, 6.45) is -0.478. The fourth-order valence-electron chi connectivity index (χ4n) is 3.17. The summed E-state index contributed by atoms with van der Waals surface area (Å²) in [5.74, 6) is -3.66. The van der Waals surface area contributed by atoms with Gasteiger partial charge in [0.2, 0.25) is 0 Å². The molecule has 172 valence electrons. The normalized spacial score (nSPS) is 14.3. The van der Waals surface area contributed by atoms with Crippen LogP contribution in [-0.2, 0) is 4.74 Å². The van der Waals surface area contributed by atoms with Crippen LogP contribution < -0.4 is 5.32 Å². The van der Waals surface area contributed by atoms with Crippen molar-refractivity contribution >= 4 is 46.0 Å². The number of hydrogen-bond acceptors (Lipinski definition) is 4. The van der Waals surface area contributed by atoms with Gasteiger partial charge in [-0.25, -0.2) is 18.0 Å². The van der Waals surface area contributed by atoms with Gasteiger partial charge >= 0.3 is 6.09 Å². The molecule has 0 radical (unpaired) electrons. The molecule has 0 aromatic heterocycles. The average molecular weight is 561 g/mol. The van der Waals surface area contributed by atoms with Crippen molar-refractivity contribution in [2.75, 3.05) is 31.5 Å². The highest BCUT2D eigenvalue weighted by molar-refractivity contribution is 14.1. The lowest BCUT2D eigenvalue weighted by Crippen LogP contribution is -2.51. The third-order valence-corrected chi connectivity index (χ3v) is 5.41. The Balaban J connectivity index is 1.79. The summed E-state index contributed by atoms with van der Waals surface area (Å²) in [7, 11) is 0. The van der Waals surface area contributed by atoms with Crippen molar-refractivity contribution < 1.29 is 27.5 Å². The molecule has 2 aromatic rings. The third-order valence-electron chi connectivity index (χ3n) is 4.73. The van der Waals surface area contributed by atoms with Gasteiger partial charge in [-0.1, -0.05) is 0 Å². The Kier molecular flexibility index (Phi) is 7.21. The molecule has 3 rings (SSSR count). The van der Waals surface area contributed by atoms with Gasteiger partial charge in [0.15, 0.2) is 11.6 Å². The fourth-order valence-corrected chi connectivity index (χ4v) is 3.62. The molecule has 0 aliphatic carbocycles. The predicted octanol–water partition coefficient (Wildman–Crippen LogP) is 5.15. The fraction of sp³-hybridized carbons (Fsp3) is 0.364. The van der Waals surface area contributed by atoms with Gasteiger partial charge in [0, 0.05) is 29.7 Å². The first kappa shape index (κ1) is 24.1. The number of nitrogens with one attached hydrogen (secondary N) is 1. The molecule has 1 saturated heterocycles. The predicted molar refractivity (Wildman–Crippen MR) is 122 cm³/mol. The molecule has 2 aromatic carbocycles. The number of anilines is 2. The number of hydrogen-bond donors (Lipinski definition) is 1. The molecule has 1 fully saturated rings. The molecule has 0 bridgehead atoms. The number of benzene rings is 2. The van der Waals surface area contributed by atoms with Crippen LogP contribution in [0.15, 0.2) is 30.3 Å². The highest BCUT2D eigenvalue weighted by Gasteiger charge is 2.30. The van der Waals surface area contributed by atoms with E-state index in [9.17, 15) is 22.8 Å². The van der Waals surface area contributed by atoms with Crippen molar-refractivity contribution in [2.45, 2.75) is 26.4 Å². The Morgan fingerprint density at radius 3 is 2.19 bits per heavy atom. The van der Waals surface area contributed by atoms with Crippen LogP contribution in [0, 0.1) is 21.0 Å². The van der Waals surface area contributed by atoms with E-state index in [1.165, 1.54) is 21.9 Å². The van der Waals surface area contributed by atoms with Crippen molar-refractivity contribution in [2.24, 2.45) is 0 Å². The van der Waals surface area contributed by atoms with Crippen molar-refractivity contribution in [3.05, 3.63) is 56.9 Å². The van der Waals surface area contributed by atoms with Crippen LogP contribution in [0.1, 0.15) is 31.1 Å². The summed E-state index contributed by atoms with van der Waals surface area (Å²) >= 11 is 1.93. The van der Waals surface area contributed by atoms with Gasteiger partial charge in [0.05, 0.1) is 16.9 Å². The Bertz CT molecular complexity index is 1040. The molecule has 0 saturated carbocycles. The van der Waals surface area contributed by atoms with E-state index in [0.717, 1.165) is 12.1 Å². The van der Waals surface area contributed by atoms with Gasteiger partial charge in [0.1, 0.15) is 11.4 Å². The summed E-state index contributed by atoms with van der Waals surface area (Å²) in [6.45, 7) is 6.14. The van der Waals surface area contributed by atoms with Crippen LogP contribution in [0.25, 0.3) is 0 Å². The molecule has 0 spiro atoms. The van der Waals surface area contributed by atoms with E-state index in [1.807, 2.05) is 22.6 Å². The molecule has 2 amide bonds. The SMILES string of the molecule is CC(C)(C)OC(=O)N1CCN(C(=O)c2ccc(F)c(F)c2Nc2ccc(I)cc2F)CC1. The highest BCUT2D eigenvalue weighted by atomic mass is 127. The smallest absolute Gasteiger partial charge is 0.410 e. The lowest BCUT2D eigenvalue weighted by Gasteiger charge is -2.35. The zero-order valence-corrected chi connectivity index (χ0v) is 20.0. The molecule has 1 N–H and O–H groups in total. The van der Waals surface area contributed by atoms with Crippen LogP contribution in [0.2, 0.25) is 0 Å². The minimum Gasteiger partial charge on any atom is -0.444 e. The van der Waals surface area contributed by atoms with Crippen LogP contribution in [0.5, 0.6) is 0 Å². The van der Waals surface area contributed by atoms with E-state index in [1.54, 1.807) is 26.8 Å². The lowest BCUT2D eigenvalue weighted by atomic mass is 10.1. The van der Waals surface area contributed by atoms with Gasteiger partial charge < -0.3 is 19.9 Å². The number of rotatable bonds is 3. The monoisotopic (exact) mass is 561 g/mol. The van der Waals surface area contributed by atoms with E-state index in [4.69, 9.17) is 4.74 Å². The minimum absolute atomic E-state index is 0.0845. The van der Waals surface area contributed by atoms with Gasteiger partial charge in [-0.15, -0.1) is 0 Å². The molecule has 10 heteroatoms. The topological polar surface area (TPSA) is 61.9 Å². The Morgan fingerprint density at radius 2 is 1.59 bits per heavy atom. The van der Waals surface area contributed by atoms with Gasteiger partial charge in [0.25, 0.3) is 5.91 Å². The summed E-state index contributed by atoms with van der Waals surface area (Å²) in [5, 5.41) is 2.52. The summed E-state index contributed by atoms with van der Waals surface area (Å²) in [5.41, 5.74) is -1.29. The minimum atomic E-state index is -1.28. The van der Waals surface area contributed by atoms with Gasteiger partial charge in [-0.3, -0.25) is 4.79 Å². The van der Waals surface area contributed by atoms with Crippen molar-refractivity contribution in [3.63, 3.8) is 0 Å². The van der Waals surface area contributed by atoms with Gasteiger partial charge in [-0.2, -0.15) is 0 Å². The molecule has 0 atom stereocenters. The summed E-state index contributed by atoms with van der Waals surface area (Å²) in [4.78, 5) is 28.2. The van der Waals surface area contributed by atoms with Crippen molar-refractivity contribution in [1.29, 1.82) is 0 Å². The van der Waals surface area contributed by atoms with Crippen LogP contribution in [0.4, 0.5) is 29.3 Å².